The van der Waals surface area contributed by atoms with E-state index in [-0.39, 0.29) is 17.2 Å². The van der Waals surface area contributed by atoms with Gasteiger partial charge in [-0.25, -0.2) is 4.68 Å². The van der Waals surface area contributed by atoms with E-state index in [9.17, 15) is 9.59 Å². The Morgan fingerprint density at radius 1 is 1.08 bits per heavy atom. The Balaban J connectivity index is 1.56. The van der Waals surface area contributed by atoms with E-state index in [1.165, 1.54) is 21.3 Å². The summed E-state index contributed by atoms with van der Waals surface area (Å²) in [6.45, 7) is 6.45. The molecule has 0 spiro atoms. The van der Waals surface area contributed by atoms with Gasteiger partial charge in [0.2, 0.25) is 5.16 Å². The maximum atomic E-state index is 12.3. The van der Waals surface area contributed by atoms with Crippen molar-refractivity contribution in [3.8, 4) is 0 Å². The van der Waals surface area contributed by atoms with Gasteiger partial charge in [0.15, 0.2) is 5.82 Å². The van der Waals surface area contributed by atoms with Crippen LogP contribution < -0.4 is 5.84 Å². The van der Waals surface area contributed by atoms with Gasteiger partial charge in [-0.3, -0.25) is 14.5 Å². The number of amides is 2. The zero-order valence-corrected chi connectivity index (χ0v) is 15.3. The van der Waals surface area contributed by atoms with Crippen LogP contribution in [-0.2, 0) is 5.41 Å². The van der Waals surface area contributed by atoms with Crippen LogP contribution in [0.15, 0.2) is 29.4 Å². The number of benzene rings is 1. The molecule has 7 nitrogen and oxygen atoms in total. The zero-order valence-electron chi connectivity index (χ0n) is 14.5. The Kier molecular flexibility index (Phi) is 4.55. The highest BCUT2D eigenvalue weighted by molar-refractivity contribution is 7.99. The largest absolute Gasteiger partial charge is 0.336 e. The fraction of sp³-hybridized carbons (Fsp3) is 0.412. The molecule has 2 amide bonds. The monoisotopic (exact) mass is 359 g/mol. The highest BCUT2D eigenvalue weighted by Crippen LogP contribution is 2.25. The van der Waals surface area contributed by atoms with Crippen molar-refractivity contribution >= 4 is 23.6 Å². The molecule has 1 aromatic heterocycles. The number of imide groups is 1. The summed E-state index contributed by atoms with van der Waals surface area (Å²) in [7, 11) is 0. The number of carbonyl (C=O) groups is 2. The van der Waals surface area contributed by atoms with Crippen molar-refractivity contribution in [2.75, 3.05) is 18.1 Å². The van der Waals surface area contributed by atoms with E-state index in [0.29, 0.717) is 35.0 Å². The van der Waals surface area contributed by atoms with Gasteiger partial charge in [0, 0.05) is 17.7 Å². The first-order chi connectivity index (χ1) is 11.8. The molecule has 2 aromatic rings. The number of thioether (sulfide) groups is 1. The molecule has 0 bridgehead atoms. The zero-order chi connectivity index (χ0) is 18.2. The average molecular weight is 359 g/mol. The van der Waals surface area contributed by atoms with Crippen molar-refractivity contribution in [1.82, 2.24) is 19.8 Å². The Labute approximate surface area is 150 Å². The first-order valence-corrected chi connectivity index (χ1v) is 9.08. The van der Waals surface area contributed by atoms with Gasteiger partial charge in [-0.1, -0.05) is 44.7 Å². The lowest BCUT2D eigenvalue weighted by Crippen LogP contribution is -2.31. The van der Waals surface area contributed by atoms with Crippen LogP contribution in [-0.4, -0.2) is 43.9 Å². The molecule has 1 aliphatic rings. The summed E-state index contributed by atoms with van der Waals surface area (Å²) in [5.41, 5.74) is 0.786. The number of hydrogen-bond donors (Lipinski definition) is 1. The summed E-state index contributed by atoms with van der Waals surface area (Å²) in [5.74, 6) is 7.01. The van der Waals surface area contributed by atoms with Gasteiger partial charge >= 0.3 is 0 Å². The second-order valence-electron chi connectivity index (χ2n) is 6.94. The predicted molar refractivity (Wildman–Crippen MR) is 96.0 cm³/mol. The predicted octanol–water partition coefficient (Wildman–Crippen LogP) is 2.07. The third-order valence-corrected chi connectivity index (χ3v) is 5.00. The summed E-state index contributed by atoms with van der Waals surface area (Å²) in [6.07, 6.45) is 0.661. The Morgan fingerprint density at radius 3 is 2.20 bits per heavy atom. The van der Waals surface area contributed by atoms with Crippen LogP contribution in [0.5, 0.6) is 0 Å². The lowest BCUT2D eigenvalue weighted by atomic mass is 9.96. The fourth-order valence-electron chi connectivity index (χ4n) is 2.72. The van der Waals surface area contributed by atoms with Gasteiger partial charge in [0.25, 0.3) is 11.8 Å². The maximum Gasteiger partial charge on any atom is 0.261 e. The van der Waals surface area contributed by atoms with Crippen molar-refractivity contribution < 1.29 is 9.59 Å². The minimum absolute atomic E-state index is 0.180. The third kappa shape index (κ3) is 3.26. The van der Waals surface area contributed by atoms with Crippen LogP contribution >= 0.6 is 11.8 Å². The van der Waals surface area contributed by atoms with E-state index < -0.39 is 0 Å². The molecule has 0 saturated heterocycles. The van der Waals surface area contributed by atoms with Crippen LogP contribution in [0, 0.1) is 0 Å². The normalized spacial score (nSPS) is 14.3. The van der Waals surface area contributed by atoms with Crippen LogP contribution in [0.2, 0.25) is 0 Å². The molecule has 132 valence electrons. The molecule has 25 heavy (non-hydrogen) atoms. The molecule has 0 aliphatic carbocycles. The summed E-state index contributed by atoms with van der Waals surface area (Å²) >= 11 is 1.47. The van der Waals surface area contributed by atoms with Crippen LogP contribution in [0.25, 0.3) is 0 Å². The number of nitrogens with two attached hydrogens (primary N) is 1. The van der Waals surface area contributed by atoms with Crippen molar-refractivity contribution in [3.63, 3.8) is 0 Å². The highest BCUT2D eigenvalue weighted by atomic mass is 32.2. The smallest absolute Gasteiger partial charge is 0.261 e. The molecular weight excluding hydrogens is 338 g/mol. The minimum atomic E-state index is -0.220. The third-order valence-electron chi connectivity index (χ3n) is 3.97. The van der Waals surface area contributed by atoms with E-state index in [4.69, 9.17) is 5.84 Å². The molecule has 8 heteroatoms. The van der Waals surface area contributed by atoms with E-state index in [1.807, 2.05) is 20.8 Å². The van der Waals surface area contributed by atoms with Crippen LogP contribution in [0.4, 0.5) is 0 Å². The van der Waals surface area contributed by atoms with E-state index in [2.05, 4.69) is 10.2 Å². The quantitative estimate of drug-likeness (QED) is 0.380. The topological polar surface area (TPSA) is 94.1 Å². The second kappa shape index (κ2) is 6.51. The molecule has 2 N–H and O–H groups in total. The summed E-state index contributed by atoms with van der Waals surface area (Å²) in [5, 5.41) is 8.89. The van der Waals surface area contributed by atoms with E-state index >= 15 is 0 Å². The molecular formula is C17H21N5O2S. The molecule has 0 unspecified atom stereocenters. The standard InChI is InChI=1S/C17H21N5O2S/c1-17(2,3)15-19-20-16(22(15)18)25-10-6-9-21-13(23)11-7-4-5-8-12(11)14(21)24/h4-5,7-8H,6,9-10,18H2,1-3H3. The lowest BCUT2D eigenvalue weighted by Gasteiger charge is -2.16. The lowest BCUT2D eigenvalue weighted by molar-refractivity contribution is 0.0655. The van der Waals surface area contributed by atoms with Gasteiger partial charge in [-0.2, -0.15) is 0 Å². The van der Waals surface area contributed by atoms with Crippen LogP contribution in [0.3, 0.4) is 0 Å². The Bertz CT molecular complexity index is 790. The highest BCUT2D eigenvalue weighted by Gasteiger charge is 2.34. The van der Waals surface area contributed by atoms with Gasteiger partial charge in [0.05, 0.1) is 11.1 Å². The number of carbonyl (C=O) groups excluding carboxylic acids is 2. The summed E-state index contributed by atoms with van der Waals surface area (Å²) in [6, 6.07) is 6.92. The summed E-state index contributed by atoms with van der Waals surface area (Å²) < 4.78 is 1.51. The number of nitrogen functional groups attached to an aromatic ring is 1. The van der Waals surface area contributed by atoms with Gasteiger partial charge in [0.1, 0.15) is 0 Å². The molecule has 0 fully saturated rings. The molecule has 3 rings (SSSR count). The maximum absolute atomic E-state index is 12.3. The van der Waals surface area contributed by atoms with Crippen molar-refractivity contribution in [1.29, 1.82) is 0 Å². The number of nitrogens with zero attached hydrogens (tertiary/aromatic N) is 4. The minimum Gasteiger partial charge on any atom is -0.336 e. The van der Waals surface area contributed by atoms with Crippen molar-refractivity contribution in [2.24, 2.45) is 0 Å². The van der Waals surface area contributed by atoms with Crippen molar-refractivity contribution in [3.05, 3.63) is 41.2 Å². The van der Waals surface area contributed by atoms with Crippen molar-refractivity contribution in [2.45, 2.75) is 37.8 Å². The fourth-order valence-corrected chi connectivity index (χ4v) is 3.50. The SMILES string of the molecule is CC(C)(C)c1nnc(SCCCN2C(=O)c3ccccc3C2=O)n1N. The molecule has 0 saturated carbocycles. The number of fused-ring (bicyclic) bond motifs is 1. The molecule has 0 atom stereocenters. The van der Waals surface area contributed by atoms with Crippen LogP contribution in [0.1, 0.15) is 53.7 Å². The van der Waals surface area contributed by atoms with E-state index in [1.54, 1.807) is 24.3 Å². The molecule has 0 radical (unpaired) electrons. The number of hydrogen-bond acceptors (Lipinski definition) is 6. The number of aromatic nitrogens is 3. The van der Waals surface area contributed by atoms with Gasteiger partial charge in [-0.15, -0.1) is 10.2 Å². The Hall–Kier alpha value is -2.35. The van der Waals surface area contributed by atoms with E-state index in [0.717, 1.165) is 5.82 Å². The van der Waals surface area contributed by atoms with Gasteiger partial charge in [-0.05, 0) is 18.6 Å². The molecule has 1 aliphatic heterocycles. The average Bonchev–Trinajstić information content (AvgIpc) is 3.04. The molecule has 1 aromatic carbocycles. The Morgan fingerprint density at radius 2 is 1.68 bits per heavy atom. The second-order valence-corrected chi connectivity index (χ2v) is 8.00. The first kappa shape index (κ1) is 17.5. The number of rotatable bonds is 5. The first-order valence-electron chi connectivity index (χ1n) is 8.09. The van der Waals surface area contributed by atoms with Gasteiger partial charge < -0.3 is 5.84 Å². The molecule has 2 heterocycles. The summed E-state index contributed by atoms with van der Waals surface area (Å²) in [4.78, 5) is 25.9.